The zero-order chi connectivity index (χ0) is 59.2. The number of aliphatic hydroxyl groups is 1. The summed E-state index contributed by atoms with van der Waals surface area (Å²) >= 11 is 0. The number of hydrogen-bond acceptors (Lipinski definition) is 11. The molecule has 456 valence electrons. The summed E-state index contributed by atoms with van der Waals surface area (Å²) in [5.41, 5.74) is -3.63. The van der Waals surface area contributed by atoms with Crippen molar-refractivity contribution < 1.29 is 52.6 Å². The molecular weight excluding hydrogens is 969 g/mol. The molecule has 5 unspecified atom stereocenters. The first-order valence-electron chi connectivity index (χ1n) is 30.7. The van der Waals surface area contributed by atoms with Crippen LogP contribution < -0.4 is 0 Å². The van der Waals surface area contributed by atoms with Gasteiger partial charge in [-0.3, -0.25) is 9.59 Å². The monoisotopic (exact) mass is 1090 g/mol. The lowest BCUT2D eigenvalue weighted by molar-refractivity contribution is -0.147. The second kappa shape index (κ2) is 37.5. The number of hydrogen-bond donors (Lipinski definition) is 1. The molecular formula is C66H126O11. The fourth-order valence-electron chi connectivity index (χ4n) is 9.72. The molecule has 0 heterocycles. The lowest BCUT2D eigenvalue weighted by Crippen LogP contribution is -2.39. The highest BCUT2D eigenvalue weighted by molar-refractivity contribution is 5.88. The fraction of sp³-hybridized carbons (Fsp3) is 0.909. The maximum atomic E-state index is 13.5. The number of ketones is 2. The quantitative estimate of drug-likeness (QED) is 0.0462. The average molecular weight is 1100 g/mol. The maximum absolute atomic E-state index is 13.5. The zero-order valence-electron chi connectivity index (χ0n) is 54.4. The van der Waals surface area contributed by atoms with Gasteiger partial charge in [0.2, 0.25) is 0 Å². The van der Waals surface area contributed by atoms with Gasteiger partial charge in [-0.05, 0) is 207 Å². The molecule has 77 heavy (non-hydrogen) atoms. The predicted octanol–water partition coefficient (Wildman–Crippen LogP) is 16.6. The van der Waals surface area contributed by atoms with Crippen LogP contribution in [0.1, 0.15) is 281 Å². The van der Waals surface area contributed by atoms with Crippen molar-refractivity contribution in [3.63, 3.8) is 0 Å². The van der Waals surface area contributed by atoms with E-state index in [0.29, 0.717) is 58.5 Å². The summed E-state index contributed by atoms with van der Waals surface area (Å²) in [5.74, 6) is 0.0820. The number of allylic oxidation sites excluding steroid dienone is 2. The van der Waals surface area contributed by atoms with Crippen LogP contribution >= 0.6 is 0 Å². The summed E-state index contributed by atoms with van der Waals surface area (Å²) in [7, 11) is 0. The van der Waals surface area contributed by atoms with Gasteiger partial charge in [0.25, 0.3) is 0 Å². The Morgan fingerprint density at radius 3 is 1.17 bits per heavy atom. The van der Waals surface area contributed by atoms with E-state index in [-0.39, 0.29) is 64.8 Å². The molecule has 0 rings (SSSR count). The van der Waals surface area contributed by atoms with Crippen LogP contribution in [0.25, 0.3) is 0 Å². The molecule has 0 aromatic carbocycles. The molecule has 0 fully saturated rings. The summed E-state index contributed by atoms with van der Waals surface area (Å²) in [5, 5.41) is 10.4. The van der Waals surface area contributed by atoms with Crippen LogP contribution in [0.2, 0.25) is 0 Å². The molecule has 0 aliphatic carbocycles. The lowest BCUT2D eigenvalue weighted by atomic mass is 9.80. The first kappa shape index (κ1) is 75.5. The largest absolute Gasteiger partial charge is 0.393 e. The van der Waals surface area contributed by atoms with Gasteiger partial charge in [0.05, 0.1) is 78.3 Å². The van der Waals surface area contributed by atoms with E-state index in [2.05, 4.69) is 130 Å². The van der Waals surface area contributed by atoms with E-state index < -0.39 is 28.5 Å². The van der Waals surface area contributed by atoms with Crippen LogP contribution in [0.5, 0.6) is 0 Å². The summed E-state index contributed by atoms with van der Waals surface area (Å²) in [6.45, 7) is 47.5. The first-order chi connectivity index (χ1) is 35.5. The van der Waals surface area contributed by atoms with Gasteiger partial charge in [0, 0.05) is 26.1 Å². The van der Waals surface area contributed by atoms with Gasteiger partial charge in [-0.15, -0.1) is 0 Å². The van der Waals surface area contributed by atoms with Gasteiger partial charge in [-0.1, -0.05) is 90.5 Å². The topological polar surface area (TPSA) is 128 Å². The van der Waals surface area contributed by atoms with E-state index in [4.69, 9.17) is 37.9 Å². The van der Waals surface area contributed by atoms with Crippen molar-refractivity contribution in [2.45, 2.75) is 357 Å². The van der Waals surface area contributed by atoms with Gasteiger partial charge in [0.1, 0.15) is 11.2 Å². The Morgan fingerprint density at radius 2 is 0.805 bits per heavy atom. The summed E-state index contributed by atoms with van der Waals surface area (Å²) in [4.78, 5) is 27.0. The maximum Gasteiger partial charge on any atom is 0.167 e. The molecule has 5 atom stereocenters. The Hall–Kier alpha value is -1.54. The molecule has 0 bridgehead atoms. The molecule has 0 saturated carbocycles. The van der Waals surface area contributed by atoms with Crippen molar-refractivity contribution >= 4 is 11.6 Å². The molecule has 0 aliphatic heterocycles. The molecule has 0 aromatic heterocycles. The third-order valence-electron chi connectivity index (χ3n) is 14.5. The van der Waals surface area contributed by atoms with Crippen molar-refractivity contribution in [2.75, 3.05) is 26.4 Å². The number of unbranched alkanes of at least 4 members (excludes halogenated alkanes) is 4. The highest BCUT2D eigenvalue weighted by atomic mass is 16.5. The van der Waals surface area contributed by atoms with E-state index in [1.807, 2.05) is 46.8 Å². The Bertz CT molecular complexity index is 1600. The lowest BCUT2D eigenvalue weighted by Gasteiger charge is -2.37. The fourth-order valence-corrected chi connectivity index (χ4v) is 9.72. The van der Waals surface area contributed by atoms with Crippen LogP contribution in [0, 0.1) is 5.41 Å². The standard InChI is InChI=1S/C66H126O11/c1-23-25-27-33-55(75-62(13,14)41-45-70-51(3)4)35-29-31-37-58(68)65(19,20)72-47-43-61(11,12)74-54(8)39-40-57(50-60(9,10)49-53(7)67)77-64(17,18)44-48-73-66(21,22)59(69)38-32-30-36-56(34-28-26-24-2)76-63(15,16)42-46-71-52(5)6/h29-32,51-57,67H,23-28,33-50H2,1-22H3/b31-29+,32-30+. The first-order valence-corrected chi connectivity index (χ1v) is 30.7. The van der Waals surface area contributed by atoms with E-state index >= 15 is 0 Å². The van der Waals surface area contributed by atoms with Crippen LogP contribution in [-0.2, 0) is 47.5 Å². The number of rotatable bonds is 49. The van der Waals surface area contributed by atoms with Gasteiger partial charge in [-0.25, -0.2) is 0 Å². The van der Waals surface area contributed by atoms with Crippen molar-refractivity contribution in [1.29, 1.82) is 0 Å². The van der Waals surface area contributed by atoms with Crippen LogP contribution in [0.4, 0.5) is 0 Å². The molecule has 0 spiro atoms. The highest BCUT2D eigenvalue weighted by Gasteiger charge is 2.34. The molecule has 0 aromatic rings. The summed E-state index contributed by atoms with van der Waals surface area (Å²) < 4.78 is 51.0. The van der Waals surface area contributed by atoms with Crippen LogP contribution in [-0.4, -0.2) is 119 Å². The number of ether oxygens (including phenoxy) is 8. The van der Waals surface area contributed by atoms with Gasteiger partial charge < -0.3 is 43.0 Å². The number of aliphatic hydroxyl groups excluding tert-OH is 1. The Kier molecular flexibility index (Phi) is 36.8. The SMILES string of the molecule is CCCCCC(C/C=C/CC(=O)C(C)(C)OCCC(C)(C)OC(C)CCC(CC(C)(C)CC(C)O)OC(C)(C)CCOC(C)(C)C(=O)C/C=C/CC(CCCCC)OC(C)(C)CCOC(C)C)OC(C)(C)CCOC(C)C. The van der Waals surface area contributed by atoms with Gasteiger partial charge in [-0.2, -0.15) is 0 Å². The molecule has 11 nitrogen and oxygen atoms in total. The minimum absolute atomic E-state index is 0.0381. The van der Waals surface area contributed by atoms with Crippen LogP contribution in [0.3, 0.4) is 0 Å². The summed E-state index contributed by atoms with van der Waals surface area (Å²) in [6.07, 6.45) is 25.1. The van der Waals surface area contributed by atoms with Gasteiger partial charge >= 0.3 is 0 Å². The summed E-state index contributed by atoms with van der Waals surface area (Å²) in [6, 6.07) is 0. The zero-order valence-corrected chi connectivity index (χ0v) is 54.4. The van der Waals surface area contributed by atoms with E-state index in [1.54, 1.807) is 0 Å². The molecule has 1 N–H and O–H groups in total. The number of carbonyl (C=O) groups excluding carboxylic acids is 2. The smallest absolute Gasteiger partial charge is 0.167 e. The van der Waals surface area contributed by atoms with Crippen LogP contribution in [0.15, 0.2) is 24.3 Å². The van der Waals surface area contributed by atoms with E-state index in [0.717, 1.165) is 83.5 Å². The van der Waals surface area contributed by atoms with Crippen molar-refractivity contribution in [3.05, 3.63) is 24.3 Å². The molecule has 0 radical (unpaired) electrons. The minimum atomic E-state index is -0.948. The molecule has 0 amide bonds. The normalized spacial score (nSPS) is 15.8. The Labute approximate surface area is 475 Å². The Balaban J connectivity index is 5.46. The third kappa shape index (κ3) is 39.5. The second-order valence-electron chi connectivity index (χ2n) is 27.4. The molecule has 0 aliphatic rings. The third-order valence-corrected chi connectivity index (χ3v) is 14.5. The van der Waals surface area contributed by atoms with E-state index in [1.165, 1.54) is 12.8 Å². The highest BCUT2D eigenvalue weighted by Crippen LogP contribution is 2.35. The molecule has 11 heteroatoms. The van der Waals surface area contributed by atoms with Gasteiger partial charge in [0.15, 0.2) is 11.6 Å². The van der Waals surface area contributed by atoms with Crippen molar-refractivity contribution in [1.82, 2.24) is 0 Å². The minimum Gasteiger partial charge on any atom is -0.393 e. The van der Waals surface area contributed by atoms with Crippen molar-refractivity contribution in [2.24, 2.45) is 5.41 Å². The number of carbonyl (C=O) groups is 2. The number of Topliss-reactive ketones (excluding diaryl/α,β-unsaturated/α-hetero) is 2. The Morgan fingerprint density at radius 1 is 0.442 bits per heavy atom. The van der Waals surface area contributed by atoms with E-state index in [9.17, 15) is 14.7 Å². The predicted molar refractivity (Wildman–Crippen MR) is 321 cm³/mol. The van der Waals surface area contributed by atoms with Crippen molar-refractivity contribution in [3.8, 4) is 0 Å². The molecule has 0 saturated heterocycles. The second-order valence-corrected chi connectivity index (χ2v) is 27.4. The average Bonchev–Trinajstić information content (AvgIpc) is 3.26.